The Balaban J connectivity index is 1.47. The highest BCUT2D eigenvalue weighted by Crippen LogP contribution is 2.26. The van der Waals surface area contributed by atoms with Crippen LogP contribution in [0.25, 0.3) is 0 Å². The molecule has 2 fully saturated rings. The summed E-state index contributed by atoms with van der Waals surface area (Å²) in [6, 6.07) is 9.98. The first-order valence-corrected chi connectivity index (χ1v) is 10.4. The molecular formula is C21H33N3S. The normalized spacial score (nSPS) is 20.5. The van der Waals surface area contributed by atoms with Gasteiger partial charge in [0.05, 0.1) is 0 Å². The average Bonchev–Trinajstić information content (AvgIpc) is 2.92. The highest BCUT2D eigenvalue weighted by atomic mass is 32.1. The summed E-state index contributed by atoms with van der Waals surface area (Å²) >= 11 is 5.64. The number of nitrogens with one attached hydrogen (secondary N) is 1. The van der Waals surface area contributed by atoms with Crippen LogP contribution in [0, 0.1) is 6.92 Å². The molecule has 0 bridgehead atoms. The quantitative estimate of drug-likeness (QED) is 0.616. The van der Waals surface area contributed by atoms with Crippen molar-refractivity contribution in [2.24, 2.45) is 0 Å². The first-order chi connectivity index (χ1) is 12.1. The zero-order chi connectivity index (χ0) is 17.6. The maximum absolute atomic E-state index is 5.64. The number of rotatable bonds is 3. The molecule has 1 N–H and O–H groups in total. The number of aryl methyl sites for hydroxylation is 1. The molecule has 138 valence electrons. The molecule has 0 radical (unpaired) electrons. The van der Waals surface area contributed by atoms with Crippen molar-refractivity contribution in [3.05, 3.63) is 29.8 Å². The number of benzene rings is 1. The van der Waals surface area contributed by atoms with Crippen LogP contribution in [0.1, 0.15) is 56.9 Å². The van der Waals surface area contributed by atoms with Gasteiger partial charge in [0.15, 0.2) is 5.11 Å². The highest BCUT2D eigenvalue weighted by Gasteiger charge is 2.28. The van der Waals surface area contributed by atoms with Crippen LogP contribution in [-0.2, 0) is 0 Å². The molecule has 1 saturated heterocycles. The van der Waals surface area contributed by atoms with E-state index < -0.39 is 0 Å². The van der Waals surface area contributed by atoms with E-state index in [0.29, 0.717) is 0 Å². The molecule has 1 aromatic rings. The lowest BCUT2D eigenvalue weighted by molar-refractivity contribution is 0.111. The number of nitrogens with zero attached hydrogens (tertiary/aromatic N) is 2. The Bertz CT molecular complexity index is 541. The molecule has 1 heterocycles. The van der Waals surface area contributed by atoms with Crippen molar-refractivity contribution in [2.75, 3.05) is 25.5 Å². The molecule has 3 rings (SSSR count). The molecule has 25 heavy (non-hydrogen) atoms. The van der Waals surface area contributed by atoms with Crippen LogP contribution in [-0.4, -0.2) is 47.1 Å². The lowest BCUT2D eigenvalue weighted by Gasteiger charge is -2.41. The number of likely N-dealkylation sites (tertiary alicyclic amines) is 1. The first-order valence-electron chi connectivity index (χ1n) is 9.98. The van der Waals surface area contributed by atoms with Gasteiger partial charge in [-0.1, -0.05) is 43.4 Å². The summed E-state index contributed by atoms with van der Waals surface area (Å²) in [5, 5.41) is 4.27. The minimum absolute atomic E-state index is 0.724. The van der Waals surface area contributed by atoms with Crippen LogP contribution >= 0.6 is 12.2 Å². The lowest BCUT2D eigenvalue weighted by Crippen LogP contribution is -2.49. The van der Waals surface area contributed by atoms with Gasteiger partial charge in [-0.05, 0) is 64.0 Å². The second kappa shape index (κ2) is 9.00. The summed E-state index contributed by atoms with van der Waals surface area (Å²) in [6.07, 6.45) is 10.9. The van der Waals surface area contributed by atoms with Gasteiger partial charge in [0, 0.05) is 30.9 Å². The number of hydrogen-bond donors (Lipinski definition) is 1. The number of thiocarbonyl (C=S) groups is 1. The fraction of sp³-hybridized carbons (Fsp3) is 0.667. The molecule has 0 unspecified atom stereocenters. The molecule has 0 atom stereocenters. The summed E-state index contributed by atoms with van der Waals surface area (Å²) in [5.41, 5.74) is 2.37. The third kappa shape index (κ3) is 5.18. The zero-order valence-corrected chi connectivity index (χ0v) is 16.7. The van der Waals surface area contributed by atoms with Gasteiger partial charge in [-0.3, -0.25) is 0 Å². The monoisotopic (exact) mass is 359 g/mol. The molecule has 1 aliphatic carbocycles. The van der Waals surface area contributed by atoms with Crippen molar-refractivity contribution in [3.8, 4) is 0 Å². The Morgan fingerprint density at radius 3 is 2.12 bits per heavy atom. The largest absolute Gasteiger partial charge is 0.349 e. The standard InChI is InChI=1S/C21H33N3S/c1-17-9-11-18(12-10-17)22-21(25)24-15-13-20(14-16-24)23(2)19-7-5-3-4-6-8-19/h9-12,19-20H,3-8,13-16H2,1-2H3,(H,22,25). The van der Waals surface area contributed by atoms with E-state index in [2.05, 4.69) is 53.4 Å². The van der Waals surface area contributed by atoms with Crippen LogP contribution in [0.2, 0.25) is 0 Å². The molecule has 3 nitrogen and oxygen atoms in total. The summed E-state index contributed by atoms with van der Waals surface area (Å²) in [4.78, 5) is 5.03. The second-order valence-corrected chi connectivity index (χ2v) is 8.21. The average molecular weight is 360 g/mol. The van der Waals surface area contributed by atoms with E-state index in [-0.39, 0.29) is 0 Å². The van der Waals surface area contributed by atoms with Gasteiger partial charge in [0.1, 0.15) is 0 Å². The zero-order valence-electron chi connectivity index (χ0n) is 15.8. The van der Waals surface area contributed by atoms with Gasteiger partial charge in [-0.2, -0.15) is 0 Å². The first kappa shape index (κ1) is 18.7. The van der Waals surface area contributed by atoms with Crippen molar-refractivity contribution >= 4 is 23.0 Å². The highest BCUT2D eigenvalue weighted by molar-refractivity contribution is 7.80. The lowest BCUT2D eigenvalue weighted by atomic mass is 9.99. The number of hydrogen-bond acceptors (Lipinski definition) is 2. The van der Waals surface area contributed by atoms with Gasteiger partial charge in [-0.25, -0.2) is 0 Å². The third-order valence-corrected chi connectivity index (χ3v) is 6.39. The minimum atomic E-state index is 0.724. The molecular weight excluding hydrogens is 326 g/mol. The van der Waals surface area contributed by atoms with Crippen molar-refractivity contribution < 1.29 is 0 Å². The Morgan fingerprint density at radius 1 is 0.960 bits per heavy atom. The van der Waals surface area contributed by atoms with Crippen LogP contribution < -0.4 is 5.32 Å². The summed E-state index contributed by atoms with van der Waals surface area (Å²) in [5.74, 6) is 0. The molecule has 1 aliphatic heterocycles. The van der Waals surface area contributed by atoms with E-state index in [0.717, 1.165) is 36.0 Å². The molecule has 0 spiro atoms. The molecule has 1 aromatic carbocycles. The Labute approximate surface area is 158 Å². The Hall–Kier alpha value is -1.13. The van der Waals surface area contributed by atoms with Crippen LogP contribution in [0.15, 0.2) is 24.3 Å². The van der Waals surface area contributed by atoms with Crippen molar-refractivity contribution in [2.45, 2.75) is 70.4 Å². The van der Waals surface area contributed by atoms with Crippen LogP contribution in [0.3, 0.4) is 0 Å². The Kier molecular flexibility index (Phi) is 6.71. The van der Waals surface area contributed by atoms with E-state index in [1.54, 1.807) is 0 Å². The predicted molar refractivity (Wildman–Crippen MR) is 111 cm³/mol. The summed E-state index contributed by atoms with van der Waals surface area (Å²) in [7, 11) is 2.36. The van der Waals surface area contributed by atoms with Crippen LogP contribution in [0.4, 0.5) is 5.69 Å². The van der Waals surface area contributed by atoms with Crippen molar-refractivity contribution in [1.29, 1.82) is 0 Å². The smallest absolute Gasteiger partial charge is 0.173 e. The van der Waals surface area contributed by atoms with E-state index in [9.17, 15) is 0 Å². The maximum Gasteiger partial charge on any atom is 0.173 e. The van der Waals surface area contributed by atoms with E-state index in [1.165, 1.54) is 56.9 Å². The predicted octanol–water partition coefficient (Wildman–Crippen LogP) is 4.81. The molecule has 0 aromatic heterocycles. The summed E-state index contributed by atoms with van der Waals surface area (Å²) < 4.78 is 0. The topological polar surface area (TPSA) is 18.5 Å². The van der Waals surface area contributed by atoms with Crippen LogP contribution in [0.5, 0.6) is 0 Å². The van der Waals surface area contributed by atoms with Gasteiger partial charge in [-0.15, -0.1) is 0 Å². The number of anilines is 1. The molecule has 0 amide bonds. The molecule has 1 saturated carbocycles. The molecule has 2 aliphatic rings. The van der Waals surface area contributed by atoms with Gasteiger partial charge < -0.3 is 15.1 Å². The second-order valence-electron chi connectivity index (χ2n) is 7.83. The van der Waals surface area contributed by atoms with E-state index in [4.69, 9.17) is 12.2 Å². The van der Waals surface area contributed by atoms with Gasteiger partial charge >= 0.3 is 0 Å². The maximum atomic E-state index is 5.64. The number of piperidine rings is 1. The third-order valence-electron chi connectivity index (χ3n) is 6.03. The van der Waals surface area contributed by atoms with Gasteiger partial charge in [0.25, 0.3) is 0 Å². The Morgan fingerprint density at radius 2 is 1.52 bits per heavy atom. The van der Waals surface area contributed by atoms with Gasteiger partial charge in [0.2, 0.25) is 0 Å². The summed E-state index contributed by atoms with van der Waals surface area (Å²) in [6.45, 7) is 4.25. The fourth-order valence-electron chi connectivity index (χ4n) is 4.28. The van der Waals surface area contributed by atoms with E-state index >= 15 is 0 Å². The van der Waals surface area contributed by atoms with Crippen molar-refractivity contribution in [1.82, 2.24) is 9.80 Å². The fourth-order valence-corrected chi connectivity index (χ4v) is 4.58. The SMILES string of the molecule is Cc1ccc(NC(=S)N2CCC(N(C)C3CCCCCC3)CC2)cc1. The minimum Gasteiger partial charge on any atom is -0.349 e. The van der Waals surface area contributed by atoms with Crippen molar-refractivity contribution in [3.63, 3.8) is 0 Å². The molecule has 4 heteroatoms. The van der Waals surface area contributed by atoms with E-state index in [1.807, 2.05) is 0 Å².